The van der Waals surface area contributed by atoms with E-state index >= 15 is 0 Å². The number of nitrogens with one attached hydrogen (secondary N) is 1. The molecule has 0 saturated carbocycles. The van der Waals surface area contributed by atoms with Crippen molar-refractivity contribution in [2.24, 2.45) is 0 Å². The Morgan fingerprint density at radius 2 is 1.83 bits per heavy atom. The number of hydrogen-bond donors (Lipinski definition) is 1. The van der Waals surface area contributed by atoms with Crippen LogP contribution in [-0.2, 0) is 16.1 Å². The molecule has 0 unspecified atom stereocenters. The van der Waals surface area contributed by atoms with Crippen LogP contribution in [0.3, 0.4) is 0 Å². The number of benzene rings is 2. The van der Waals surface area contributed by atoms with Crippen molar-refractivity contribution in [1.82, 2.24) is 25.5 Å². The smallest absolute Gasteiger partial charge is 0.251 e. The molecule has 1 aromatic heterocycles. The molecule has 0 aliphatic carbocycles. The molecule has 12 heteroatoms. The molecule has 10 nitrogen and oxygen atoms in total. The SMILES string of the molecule is COc1ccc(-c2nnn(CC(=O)N(c3ccc(F)c(Cl)c3)[C@H](C)C(=O)NC(C)(C)C)n2)cc1OC. The predicted octanol–water partition coefficient (Wildman–Crippen LogP) is 3.49. The van der Waals surface area contributed by atoms with Crippen molar-refractivity contribution < 1.29 is 23.5 Å². The summed E-state index contributed by atoms with van der Waals surface area (Å²) in [6.07, 6.45) is 0. The minimum absolute atomic E-state index is 0.177. The number of ether oxygens (including phenoxy) is 2. The van der Waals surface area contributed by atoms with Gasteiger partial charge in [0.25, 0.3) is 5.91 Å². The van der Waals surface area contributed by atoms with Gasteiger partial charge in [0.15, 0.2) is 11.5 Å². The van der Waals surface area contributed by atoms with Crippen LogP contribution in [0.4, 0.5) is 10.1 Å². The maximum atomic E-state index is 13.8. The third kappa shape index (κ3) is 6.28. The number of aromatic nitrogens is 4. The summed E-state index contributed by atoms with van der Waals surface area (Å²) < 4.78 is 24.3. The van der Waals surface area contributed by atoms with E-state index in [2.05, 4.69) is 20.7 Å². The molecule has 3 rings (SSSR count). The average Bonchev–Trinajstić information content (AvgIpc) is 3.28. The van der Waals surface area contributed by atoms with Crippen LogP contribution >= 0.6 is 11.6 Å². The van der Waals surface area contributed by atoms with Crippen LogP contribution in [0.15, 0.2) is 36.4 Å². The fourth-order valence-electron chi connectivity index (χ4n) is 3.41. The van der Waals surface area contributed by atoms with Gasteiger partial charge >= 0.3 is 0 Å². The zero-order valence-corrected chi connectivity index (χ0v) is 21.6. The van der Waals surface area contributed by atoms with Crippen LogP contribution in [0, 0.1) is 5.82 Å². The number of methoxy groups -OCH3 is 2. The number of nitrogens with zero attached hydrogens (tertiary/aromatic N) is 5. The summed E-state index contributed by atoms with van der Waals surface area (Å²) in [6, 6.07) is 7.99. The molecular formula is C24H28ClFN6O4. The molecular weight excluding hydrogens is 491 g/mol. The first-order valence-electron chi connectivity index (χ1n) is 11.0. The van der Waals surface area contributed by atoms with Crippen LogP contribution < -0.4 is 19.7 Å². The van der Waals surface area contributed by atoms with Gasteiger partial charge in [0.1, 0.15) is 18.4 Å². The monoisotopic (exact) mass is 518 g/mol. The first-order chi connectivity index (χ1) is 16.9. The first-order valence-corrected chi connectivity index (χ1v) is 11.4. The Hall–Kier alpha value is -3.73. The van der Waals surface area contributed by atoms with E-state index in [1.165, 1.54) is 31.3 Å². The average molecular weight is 519 g/mol. The zero-order chi connectivity index (χ0) is 26.6. The van der Waals surface area contributed by atoms with Crippen LogP contribution in [-0.4, -0.2) is 57.8 Å². The molecule has 1 atom stereocenters. The second-order valence-electron chi connectivity index (χ2n) is 8.99. The normalized spacial score (nSPS) is 12.1. The Labute approximate surface area is 213 Å². The number of rotatable bonds is 8. The Morgan fingerprint density at radius 3 is 2.44 bits per heavy atom. The molecule has 1 N–H and O–H groups in total. The molecule has 0 saturated heterocycles. The van der Waals surface area contributed by atoms with Gasteiger partial charge in [0.05, 0.1) is 19.2 Å². The summed E-state index contributed by atoms with van der Waals surface area (Å²) in [5.74, 6) is -0.268. The minimum atomic E-state index is -0.938. The van der Waals surface area contributed by atoms with Crippen molar-refractivity contribution in [3.05, 3.63) is 47.2 Å². The Balaban J connectivity index is 1.89. The van der Waals surface area contributed by atoms with Crippen molar-refractivity contribution in [1.29, 1.82) is 0 Å². The van der Waals surface area contributed by atoms with E-state index in [4.69, 9.17) is 21.1 Å². The summed E-state index contributed by atoms with van der Waals surface area (Å²) >= 11 is 5.96. The van der Waals surface area contributed by atoms with Crippen molar-refractivity contribution in [3.63, 3.8) is 0 Å². The van der Waals surface area contributed by atoms with E-state index in [-0.39, 0.29) is 23.1 Å². The molecule has 0 bridgehead atoms. The Bertz CT molecular complexity index is 1260. The molecule has 0 spiro atoms. The number of halogens is 2. The summed E-state index contributed by atoms with van der Waals surface area (Å²) in [5, 5.41) is 14.9. The van der Waals surface area contributed by atoms with Gasteiger partial charge in [0, 0.05) is 16.8 Å². The third-order valence-corrected chi connectivity index (χ3v) is 5.38. The van der Waals surface area contributed by atoms with Crippen molar-refractivity contribution >= 4 is 29.1 Å². The van der Waals surface area contributed by atoms with Gasteiger partial charge in [-0.05, 0) is 69.3 Å². The second kappa shape index (κ2) is 10.9. The lowest BCUT2D eigenvalue weighted by atomic mass is 10.1. The standard InChI is InChI=1S/C24H28ClFN6O4/c1-14(23(34)27-24(2,3)4)32(16-8-9-18(26)17(25)12-16)21(33)13-31-29-22(28-30-31)15-7-10-19(35-5)20(11-15)36-6/h7-12,14H,13H2,1-6H3,(H,27,34)/t14-/m1/s1. The van der Waals surface area contributed by atoms with Gasteiger partial charge in [-0.15, -0.1) is 10.2 Å². The highest BCUT2D eigenvalue weighted by Crippen LogP contribution is 2.31. The third-order valence-electron chi connectivity index (χ3n) is 5.09. The van der Waals surface area contributed by atoms with Crippen LogP contribution in [0.1, 0.15) is 27.7 Å². The number of hydrogen-bond acceptors (Lipinski definition) is 7. The van der Waals surface area contributed by atoms with Crippen LogP contribution in [0.2, 0.25) is 5.02 Å². The number of amides is 2. The summed E-state index contributed by atoms with van der Waals surface area (Å²) in [7, 11) is 3.04. The molecule has 2 amide bonds. The molecule has 0 aliphatic heterocycles. The summed E-state index contributed by atoms with van der Waals surface area (Å²) in [4.78, 5) is 28.6. The highest BCUT2D eigenvalue weighted by molar-refractivity contribution is 6.31. The highest BCUT2D eigenvalue weighted by atomic mass is 35.5. The topological polar surface area (TPSA) is 111 Å². The molecule has 0 aliphatic rings. The van der Waals surface area contributed by atoms with E-state index < -0.39 is 29.2 Å². The van der Waals surface area contributed by atoms with Gasteiger partial charge in [-0.25, -0.2) is 4.39 Å². The lowest BCUT2D eigenvalue weighted by molar-refractivity contribution is -0.127. The molecule has 1 heterocycles. The zero-order valence-electron chi connectivity index (χ0n) is 20.9. The summed E-state index contributed by atoms with van der Waals surface area (Å²) in [5.41, 5.74) is 0.331. The number of tetrazole rings is 1. The van der Waals surface area contributed by atoms with Gasteiger partial charge in [0.2, 0.25) is 11.7 Å². The molecule has 0 fully saturated rings. The Kier molecular flexibility index (Phi) is 8.13. The van der Waals surface area contributed by atoms with Gasteiger partial charge in [-0.2, -0.15) is 4.80 Å². The number of anilines is 1. The first kappa shape index (κ1) is 26.9. The van der Waals surface area contributed by atoms with E-state index in [1.54, 1.807) is 25.1 Å². The fourth-order valence-corrected chi connectivity index (χ4v) is 3.58. The predicted molar refractivity (Wildman–Crippen MR) is 133 cm³/mol. The van der Waals surface area contributed by atoms with Gasteiger partial charge in [-0.1, -0.05) is 11.6 Å². The largest absolute Gasteiger partial charge is 0.493 e. The molecule has 36 heavy (non-hydrogen) atoms. The maximum Gasteiger partial charge on any atom is 0.251 e. The molecule has 192 valence electrons. The number of carbonyl (C=O) groups excluding carboxylic acids is 2. The maximum absolute atomic E-state index is 13.8. The van der Waals surface area contributed by atoms with Crippen LogP contribution in [0.25, 0.3) is 11.4 Å². The van der Waals surface area contributed by atoms with Gasteiger partial charge < -0.3 is 14.8 Å². The van der Waals surface area contributed by atoms with Crippen LogP contribution in [0.5, 0.6) is 11.5 Å². The van der Waals surface area contributed by atoms with Crippen molar-refractivity contribution in [2.45, 2.75) is 45.8 Å². The van der Waals surface area contributed by atoms with Crippen molar-refractivity contribution in [2.75, 3.05) is 19.1 Å². The van der Waals surface area contributed by atoms with E-state index in [0.717, 1.165) is 10.9 Å². The molecule has 0 radical (unpaired) electrons. The highest BCUT2D eigenvalue weighted by Gasteiger charge is 2.30. The quantitative estimate of drug-likeness (QED) is 0.486. The lowest BCUT2D eigenvalue weighted by Crippen LogP contribution is -2.53. The van der Waals surface area contributed by atoms with E-state index in [1.807, 2.05) is 20.8 Å². The summed E-state index contributed by atoms with van der Waals surface area (Å²) in [6.45, 7) is 6.72. The molecule has 3 aromatic rings. The second-order valence-corrected chi connectivity index (χ2v) is 9.40. The van der Waals surface area contributed by atoms with Crippen molar-refractivity contribution in [3.8, 4) is 22.9 Å². The van der Waals surface area contributed by atoms with E-state index in [9.17, 15) is 14.0 Å². The molecule has 2 aromatic carbocycles. The minimum Gasteiger partial charge on any atom is -0.493 e. The fraction of sp³-hybridized carbons (Fsp3) is 0.375. The number of carbonyl (C=O) groups is 2. The van der Waals surface area contributed by atoms with E-state index in [0.29, 0.717) is 17.1 Å². The van der Waals surface area contributed by atoms with Gasteiger partial charge in [-0.3, -0.25) is 14.5 Å². The Morgan fingerprint density at radius 1 is 1.14 bits per heavy atom. The lowest BCUT2D eigenvalue weighted by Gasteiger charge is -2.31.